The Morgan fingerprint density at radius 2 is 2.14 bits per heavy atom. The highest BCUT2D eigenvalue weighted by atomic mass is 35.5. The topological polar surface area (TPSA) is 59.6 Å². The summed E-state index contributed by atoms with van der Waals surface area (Å²) in [6, 6.07) is 5.73. The molecule has 0 aliphatic rings. The van der Waals surface area contributed by atoms with E-state index in [0.29, 0.717) is 36.5 Å². The minimum Gasteiger partial charge on any atom is -0.483 e. The molecule has 0 atom stereocenters. The molecule has 0 spiro atoms. The van der Waals surface area contributed by atoms with E-state index in [2.05, 4.69) is 24.5 Å². The smallest absolute Gasteiger partial charge is 0.258 e. The van der Waals surface area contributed by atoms with Gasteiger partial charge in [0.2, 0.25) is 0 Å². The molecule has 2 N–H and O–H groups in total. The lowest BCUT2D eigenvalue weighted by atomic mass is 10.2. The molecule has 0 saturated carbocycles. The van der Waals surface area contributed by atoms with Crippen LogP contribution in [0.15, 0.2) is 18.2 Å². The Bertz CT molecular complexity index is 453. The summed E-state index contributed by atoms with van der Waals surface area (Å²) in [5.41, 5.74) is 0.931. The van der Waals surface area contributed by atoms with Crippen molar-refractivity contribution in [3.63, 3.8) is 0 Å². The zero-order valence-corrected chi connectivity index (χ0v) is 13.5. The van der Waals surface area contributed by atoms with Crippen LogP contribution in [0.3, 0.4) is 0 Å². The van der Waals surface area contributed by atoms with E-state index >= 15 is 0 Å². The molecule has 1 aromatic rings. The van der Waals surface area contributed by atoms with E-state index < -0.39 is 0 Å². The third-order valence-electron chi connectivity index (χ3n) is 2.71. The highest BCUT2D eigenvalue weighted by Crippen LogP contribution is 2.23. The van der Waals surface area contributed by atoms with E-state index in [9.17, 15) is 4.79 Å². The molecule has 0 aromatic heterocycles. The number of hydrogen-bond donors (Lipinski definition) is 2. The predicted octanol–water partition coefficient (Wildman–Crippen LogP) is 1.98. The minimum atomic E-state index is -0.176. The van der Waals surface area contributed by atoms with Crippen molar-refractivity contribution in [1.29, 1.82) is 0 Å². The highest BCUT2D eigenvalue weighted by Gasteiger charge is 2.08. The number of hydrogen-bond acceptors (Lipinski definition) is 4. The van der Waals surface area contributed by atoms with E-state index in [-0.39, 0.29) is 12.5 Å². The summed E-state index contributed by atoms with van der Waals surface area (Å²) in [6.45, 7) is 5.69. The van der Waals surface area contributed by atoms with Gasteiger partial charge in [-0.1, -0.05) is 25.4 Å². The Morgan fingerprint density at radius 1 is 1.38 bits per heavy atom. The van der Waals surface area contributed by atoms with Crippen LogP contribution in [0, 0.1) is 0 Å². The van der Waals surface area contributed by atoms with E-state index in [4.69, 9.17) is 21.1 Å². The first-order chi connectivity index (χ1) is 10.0. The monoisotopic (exact) mass is 314 g/mol. The van der Waals surface area contributed by atoms with Crippen LogP contribution in [0.2, 0.25) is 5.02 Å². The van der Waals surface area contributed by atoms with Crippen molar-refractivity contribution in [1.82, 2.24) is 10.6 Å². The van der Waals surface area contributed by atoms with Gasteiger partial charge in [0.15, 0.2) is 6.61 Å². The average molecular weight is 315 g/mol. The van der Waals surface area contributed by atoms with Crippen molar-refractivity contribution in [2.24, 2.45) is 0 Å². The molecule has 0 aliphatic heterocycles. The fourth-order valence-electron chi connectivity index (χ4n) is 1.63. The van der Waals surface area contributed by atoms with Crippen LogP contribution in [-0.4, -0.2) is 38.8 Å². The number of benzene rings is 1. The van der Waals surface area contributed by atoms with E-state index in [0.717, 1.165) is 5.56 Å². The molecule has 21 heavy (non-hydrogen) atoms. The lowest BCUT2D eigenvalue weighted by Crippen LogP contribution is -2.31. The SMILES string of the molecule is COCCNC(=O)COc1ccc(Cl)cc1CNC(C)C. The summed E-state index contributed by atoms with van der Waals surface area (Å²) in [4.78, 5) is 11.6. The van der Waals surface area contributed by atoms with Gasteiger partial charge >= 0.3 is 0 Å². The first-order valence-corrected chi connectivity index (χ1v) is 7.31. The lowest BCUT2D eigenvalue weighted by molar-refractivity contribution is -0.123. The van der Waals surface area contributed by atoms with Crippen molar-refractivity contribution in [2.75, 3.05) is 26.9 Å². The number of halogens is 1. The van der Waals surface area contributed by atoms with Gasteiger partial charge in [-0.3, -0.25) is 4.79 Å². The molecule has 0 radical (unpaired) electrons. The number of carbonyl (C=O) groups is 1. The second-order valence-electron chi connectivity index (χ2n) is 4.92. The van der Waals surface area contributed by atoms with Crippen LogP contribution in [0.4, 0.5) is 0 Å². The summed E-state index contributed by atoms with van der Waals surface area (Å²) >= 11 is 6.00. The molecular formula is C15H23ClN2O3. The maximum absolute atomic E-state index is 11.6. The highest BCUT2D eigenvalue weighted by molar-refractivity contribution is 6.30. The van der Waals surface area contributed by atoms with Gasteiger partial charge in [0.05, 0.1) is 6.61 Å². The standard InChI is InChI=1S/C15H23ClN2O3/c1-11(2)18-9-12-8-13(16)4-5-14(12)21-10-15(19)17-6-7-20-3/h4-5,8,11,18H,6-7,9-10H2,1-3H3,(H,17,19). The summed E-state index contributed by atoms with van der Waals surface area (Å²) in [6.07, 6.45) is 0. The molecule has 1 aromatic carbocycles. The first-order valence-electron chi connectivity index (χ1n) is 6.93. The van der Waals surface area contributed by atoms with Gasteiger partial charge in [0.25, 0.3) is 5.91 Å². The summed E-state index contributed by atoms with van der Waals surface area (Å²) < 4.78 is 10.4. The summed E-state index contributed by atoms with van der Waals surface area (Å²) in [7, 11) is 1.59. The van der Waals surface area contributed by atoms with Crippen molar-refractivity contribution < 1.29 is 14.3 Å². The quantitative estimate of drug-likeness (QED) is 0.684. The fourth-order valence-corrected chi connectivity index (χ4v) is 1.82. The number of methoxy groups -OCH3 is 1. The van der Waals surface area contributed by atoms with Gasteiger partial charge in [0.1, 0.15) is 5.75 Å². The van der Waals surface area contributed by atoms with Gasteiger partial charge < -0.3 is 20.1 Å². The average Bonchev–Trinajstić information content (AvgIpc) is 2.44. The van der Waals surface area contributed by atoms with E-state index in [1.807, 2.05) is 6.07 Å². The Kier molecular flexibility index (Phi) is 8.12. The van der Waals surface area contributed by atoms with Crippen molar-refractivity contribution in [3.8, 4) is 5.75 Å². The summed E-state index contributed by atoms with van der Waals surface area (Å²) in [5.74, 6) is 0.485. The molecule has 1 rings (SSSR count). The number of nitrogens with one attached hydrogen (secondary N) is 2. The largest absolute Gasteiger partial charge is 0.483 e. The van der Waals surface area contributed by atoms with Crippen LogP contribution < -0.4 is 15.4 Å². The van der Waals surface area contributed by atoms with Crippen LogP contribution in [0.1, 0.15) is 19.4 Å². The Labute approximate surface area is 131 Å². The second-order valence-corrected chi connectivity index (χ2v) is 5.36. The van der Waals surface area contributed by atoms with Gasteiger partial charge in [-0.15, -0.1) is 0 Å². The van der Waals surface area contributed by atoms with Crippen LogP contribution in [0.5, 0.6) is 5.75 Å². The predicted molar refractivity (Wildman–Crippen MR) is 83.8 cm³/mol. The lowest BCUT2D eigenvalue weighted by Gasteiger charge is -2.14. The van der Waals surface area contributed by atoms with Crippen molar-refractivity contribution in [2.45, 2.75) is 26.4 Å². The normalized spacial score (nSPS) is 10.7. The Hall–Kier alpha value is -1.30. The van der Waals surface area contributed by atoms with Crippen LogP contribution in [-0.2, 0) is 16.1 Å². The molecule has 0 fully saturated rings. The van der Waals surface area contributed by atoms with Crippen molar-refractivity contribution >= 4 is 17.5 Å². The third-order valence-corrected chi connectivity index (χ3v) is 2.95. The molecule has 0 aliphatic carbocycles. The van der Waals surface area contributed by atoms with E-state index in [1.54, 1.807) is 19.2 Å². The molecule has 0 bridgehead atoms. The van der Waals surface area contributed by atoms with Gasteiger partial charge in [-0.05, 0) is 18.2 Å². The fraction of sp³-hybridized carbons (Fsp3) is 0.533. The van der Waals surface area contributed by atoms with Gasteiger partial charge in [-0.25, -0.2) is 0 Å². The number of rotatable bonds is 9. The molecule has 0 heterocycles. The molecule has 0 unspecified atom stereocenters. The van der Waals surface area contributed by atoms with Gasteiger partial charge in [-0.2, -0.15) is 0 Å². The van der Waals surface area contributed by atoms with E-state index in [1.165, 1.54) is 0 Å². The maximum atomic E-state index is 11.6. The summed E-state index contributed by atoms with van der Waals surface area (Å²) in [5, 5.41) is 6.65. The molecular weight excluding hydrogens is 292 g/mol. The Balaban J connectivity index is 2.55. The molecule has 118 valence electrons. The number of amides is 1. The van der Waals surface area contributed by atoms with Gasteiger partial charge in [0, 0.05) is 36.8 Å². The maximum Gasteiger partial charge on any atom is 0.258 e. The zero-order chi connectivity index (χ0) is 15.7. The third kappa shape index (κ3) is 7.32. The second kappa shape index (κ2) is 9.60. The number of ether oxygens (including phenoxy) is 2. The van der Waals surface area contributed by atoms with Crippen LogP contribution >= 0.6 is 11.6 Å². The number of carbonyl (C=O) groups excluding carboxylic acids is 1. The minimum absolute atomic E-state index is 0.0278. The van der Waals surface area contributed by atoms with Crippen LogP contribution in [0.25, 0.3) is 0 Å². The first kappa shape index (κ1) is 17.8. The Morgan fingerprint density at radius 3 is 2.81 bits per heavy atom. The molecule has 5 nitrogen and oxygen atoms in total. The zero-order valence-electron chi connectivity index (χ0n) is 12.7. The molecule has 1 amide bonds. The molecule has 0 saturated heterocycles. The molecule has 6 heteroatoms. The van der Waals surface area contributed by atoms with Crippen molar-refractivity contribution in [3.05, 3.63) is 28.8 Å².